The molecule has 0 radical (unpaired) electrons. The first-order valence-electron chi connectivity index (χ1n) is 9.88. The molecule has 0 aliphatic rings. The molecule has 10 heteroatoms. The molecule has 0 spiro atoms. The van der Waals surface area contributed by atoms with Gasteiger partial charge in [0.2, 0.25) is 5.91 Å². The van der Waals surface area contributed by atoms with E-state index in [1.54, 1.807) is 12.1 Å². The zero-order valence-electron chi connectivity index (χ0n) is 18.6. The summed E-state index contributed by atoms with van der Waals surface area (Å²) in [5.41, 5.74) is 2.17. The molecule has 1 amide bonds. The van der Waals surface area contributed by atoms with E-state index in [9.17, 15) is 4.79 Å². The number of ether oxygens (including phenoxy) is 2. The van der Waals surface area contributed by atoms with Gasteiger partial charge >= 0.3 is 0 Å². The number of amides is 1. The number of hydrogen-bond acceptors (Lipinski definition) is 6. The summed E-state index contributed by atoms with van der Waals surface area (Å²) in [4.78, 5) is 20.1. The van der Waals surface area contributed by atoms with Crippen molar-refractivity contribution in [1.29, 1.82) is 0 Å². The van der Waals surface area contributed by atoms with Gasteiger partial charge in [-0.25, -0.2) is 14.4 Å². The van der Waals surface area contributed by atoms with Gasteiger partial charge in [0, 0.05) is 11.6 Å². The molecule has 7 nitrogen and oxygen atoms in total. The molecule has 2 aromatic carbocycles. The highest BCUT2D eigenvalue weighted by atomic mass is 35.5. The van der Waals surface area contributed by atoms with Crippen molar-refractivity contribution in [3.63, 3.8) is 0 Å². The van der Waals surface area contributed by atoms with Crippen molar-refractivity contribution in [2.75, 3.05) is 24.9 Å². The fourth-order valence-electron chi connectivity index (χ4n) is 3.00. The Labute approximate surface area is 206 Å². The second kappa shape index (κ2) is 11.0. The highest BCUT2D eigenvalue weighted by molar-refractivity contribution is 6.39. The number of carbonyl (C=O) groups excluding carboxylic acids is 1. The monoisotopic (exact) mass is 502 g/mol. The molecule has 0 bridgehead atoms. The molecule has 0 aliphatic carbocycles. The molecular formula is C24H21Cl2FN4O3. The van der Waals surface area contributed by atoms with E-state index in [1.807, 2.05) is 13.0 Å². The number of nitrogens with zero attached hydrogens (tertiary/aromatic N) is 2. The average Bonchev–Trinajstić information content (AvgIpc) is 2.84. The Hall–Kier alpha value is -3.62. The summed E-state index contributed by atoms with van der Waals surface area (Å²) in [6.07, 6.45) is 4.93. The van der Waals surface area contributed by atoms with Crippen molar-refractivity contribution in [1.82, 2.24) is 9.97 Å². The first kappa shape index (κ1) is 25.0. The highest BCUT2D eigenvalue weighted by Crippen LogP contribution is 2.42. The Morgan fingerprint density at radius 1 is 1.12 bits per heavy atom. The van der Waals surface area contributed by atoms with Crippen molar-refractivity contribution in [3.05, 3.63) is 76.2 Å². The smallest absolute Gasteiger partial charge is 0.247 e. The lowest BCUT2D eigenvalue weighted by Crippen LogP contribution is -2.10. The molecule has 2 N–H and O–H groups in total. The van der Waals surface area contributed by atoms with E-state index >= 15 is 4.39 Å². The number of halogens is 3. The number of carbonyl (C=O) groups is 1. The molecule has 0 saturated heterocycles. The van der Waals surface area contributed by atoms with Crippen LogP contribution in [0.2, 0.25) is 10.0 Å². The third kappa shape index (κ3) is 5.47. The number of aromatic nitrogens is 2. The van der Waals surface area contributed by atoms with Crippen molar-refractivity contribution in [3.8, 4) is 11.5 Å². The topological polar surface area (TPSA) is 85.4 Å². The van der Waals surface area contributed by atoms with Gasteiger partial charge in [0.1, 0.15) is 23.0 Å². The number of hydrogen-bond donors (Lipinski definition) is 2. The maximum atomic E-state index is 15.0. The summed E-state index contributed by atoms with van der Waals surface area (Å²) in [7, 11) is 2.86. The van der Waals surface area contributed by atoms with E-state index in [2.05, 4.69) is 27.2 Å². The van der Waals surface area contributed by atoms with Crippen LogP contribution in [-0.2, 0) is 4.79 Å². The molecule has 176 valence electrons. The van der Waals surface area contributed by atoms with Gasteiger partial charge in [-0.2, -0.15) is 0 Å². The number of benzene rings is 2. The quantitative estimate of drug-likeness (QED) is 0.344. The third-order valence-electron chi connectivity index (χ3n) is 4.74. The summed E-state index contributed by atoms with van der Waals surface area (Å²) in [5, 5.41) is 6.08. The largest absolute Gasteiger partial charge is 0.495 e. The third-order valence-corrected chi connectivity index (χ3v) is 5.52. The van der Waals surface area contributed by atoms with Crippen LogP contribution in [0.1, 0.15) is 16.8 Å². The number of aryl methyl sites for hydroxylation is 1. The Morgan fingerprint density at radius 3 is 2.35 bits per heavy atom. The van der Waals surface area contributed by atoms with Crippen LogP contribution in [0.15, 0.2) is 49.3 Å². The van der Waals surface area contributed by atoms with Crippen LogP contribution in [0.3, 0.4) is 0 Å². The number of methoxy groups -OCH3 is 2. The van der Waals surface area contributed by atoms with E-state index in [0.717, 1.165) is 11.6 Å². The van der Waals surface area contributed by atoms with Crippen LogP contribution in [0, 0.1) is 6.92 Å². The van der Waals surface area contributed by atoms with E-state index < -0.39 is 5.83 Å². The van der Waals surface area contributed by atoms with Crippen LogP contribution in [-0.4, -0.2) is 30.1 Å². The van der Waals surface area contributed by atoms with Crippen LogP contribution in [0.25, 0.3) is 11.9 Å². The van der Waals surface area contributed by atoms with Gasteiger partial charge in [-0.1, -0.05) is 41.9 Å². The molecule has 0 unspecified atom stereocenters. The van der Waals surface area contributed by atoms with E-state index in [4.69, 9.17) is 32.7 Å². The summed E-state index contributed by atoms with van der Waals surface area (Å²) in [6.45, 7) is 5.32. The minimum absolute atomic E-state index is 0.0376. The number of rotatable bonds is 8. The van der Waals surface area contributed by atoms with Crippen LogP contribution in [0.5, 0.6) is 11.5 Å². The molecule has 3 aromatic rings. The molecule has 1 heterocycles. The van der Waals surface area contributed by atoms with E-state index in [-0.39, 0.29) is 38.7 Å². The molecule has 0 atom stereocenters. The lowest BCUT2D eigenvalue weighted by atomic mass is 10.1. The fraction of sp³-hybridized carbons (Fsp3) is 0.125. The summed E-state index contributed by atoms with van der Waals surface area (Å²) >= 11 is 12.6. The summed E-state index contributed by atoms with van der Waals surface area (Å²) in [5.74, 6) is -0.156. The molecular weight excluding hydrogens is 482 g/mol. The second-order valence-electron chi connectivity index (χ2n) is 6.92. The van der Waals surface area contributed by atoms with Crippen LogP contribution < -0.4 is 20.1 Å². The van der Waals surface area contributed by atoms with Gasteiger partial charge in [-0.3, -0.25) is 4.79 Å². The Kier molecular flexibility index (Phi) is 8.09. The van der Waals surface area contributed by atoms with Gasteiger partial charge in [-0.15, -0.1) is 0 Å². The van der Waals surface area contributed by atoms with Crippen molar-refractivity contribution < 1.29 is 18.7 Å². The minimum Gasteiger partial charge on any atom is -0.495 e. The van der Waals surface area contributed by atoms with Gasteiger partial charge < -0.3 is 20.1 Å². The summed E-state index contributed by atoms with van der Waals surface area (Å²) < 4.78 is 25.4. The van der Waals surface area contributed by atoms with Gasteiger partial charge in [0.05, 0.1) is 48.0 Å². The standard InChI is InChI=1S/C24H21Cl2FN4O3/c1-5-21(32)30-16-8-6-7-13(2)24(16)31-20-12-28-17(11-29-20)15(27)9-14-22(25)18(33-3)10-19(34-4)23(14)26/h5-12H,1H2,2-4H3,(H,29,31)(H,30,32)/b15-9-. The second-order valence-corrected chi connectivity index (χ2v) is 7.67. The predicted molar refractivity (Wildman–Crippen MR) is 134 cm³/mol. The lowest BCUT2D eigenvalue weighted by Gasteiger charge is -2.14. The van der Waals surface area contributed by atoms with Crippen molar-refractivity contribution in [2.45, 2.75) is 6.92 Å². The Bertz CT molecular complexity index is 1240. The first-order chi connectivity index (χ1) is 16.3. The lowest BCUT2D eigenvalue weighted by molar-refractivity contribution is -0.111. The maximum Gasteiger partial charge on any atom is 0.247 e. The molecule has 0 saturated carbocycles. The zero-order valence-corrected chi connectivity index (χ0v) is 20.1. The molecule has 1 aromatic heterocycles. The fourth-order valence-corrected chi connectivity index (χ4v) is 3.61. The number of anilines is 3. The zero-order chi connectivity index (χ0) is 24.8. The molecule has 34 heavy (non-hydrogen) atoms. The summed E-state index contributed by atoms with van der Waals surface area (Å²) in [6, 6.07) is 6.91. The molecule has 0 aliphatic heterocycles. The van der Waals surface area contributed by atoms with Gasteiger partial charge in [0.25, 0.3) is 0 Å². The maximum absolute atomic E-state index is 15.0. The number of para-hydroxylation sites is 1. The minimum atomic E-state index is -0.715. The van der Waals surface area contributed by atoms with E-state index in [1.165, 1.54) is 38.8 Å². The van der Waals surface area contributed by atoms with Gasteiger partial charge in [-0.05, 0) is 30.7 Å². The van der Waals surface area contributed by atoms with Crippen LogP contribution >= 0.6 is 23.2 Å². The average molecular weight is 503 g/mol. The van der Waals surface area contributed by atoms with Crippen LogP contribution in [0.4, 0.5) is 21.6 Å². The molecule has 0 fully saturated rings. The number of nitrogens with one attached hydrogen (secondary N) is 2. The van der Waals surface area contributed by atoms with Crippen molar-refractivity contribution >= 4 is 58.2 Å². The predicted octanol–water partition coefficient (Wildman–Crippen LogP) is 6.44. The molecule has 3 rings (SSSR count). The normalized spacial score (nSPS) is 11.1. The SMILES string of the molecule is C=CC(=O)Nc1cccc(C)c1Nc1cnc(/C(F)=C/c2c(Cl)c(OC)cc(OC)c2Cl)cn1. The van der Waals surface area contributed by atoms with E-state index in [0.29, 0.717) is 17.2 Å². The van der Waals surface area contributed by atoms with Gasteiger partial charge in [0.15, 0.2) is 5.83 Å². The Balaban J connectivity index is 1.90. The highest BCUT2D eigenvalue weighted by Gasteiger charge is 2.17. The Morgan fingerprint density at radius 2 is 1.79 bits per heavy atom. The first-order valence-corrected chi connectivity index (χ1v) is 10.6. The van der Waals surface area contributed by atoms with Crippen molar-refractivity contribution in [2.24, 2.45) is 0 Å².